The first-order chi connectivity index (χ1) is 12.5. The standard InChI is InChI=1S/C20H24N6/c1-5-9-17(12-15(2)3)22-20-24-18(23-19(21)25-20)14-26(4)13-16-10-7-6-8-11-16/h1,6-12H,13-14H2,2-4H3,(H3,21,22,23,24,25)/b17-9+. The molecule has 0 unspecified atom stereocenters. The van der Waals surface area contributed by atoms with Crippen molar-refractivity contribution in [2.45, 2.75) is 26.9 Å². The number of rotatable bonds is 7. The summed E-state index contributed by atoms with van der Waals surface area (Å²) in [5.41, 5.74) is 8.89. The maximum absolute atomic E-state index is 5.84. The third-order valence-corrected chi connectivity index (χ3v) is 3.34. The Morgan fingerprint density at radius 3 is 2.58 bits per heavy atom. The zero-order valence-corrected chi connectivity index (χ0v) is 15.4. The molecule has 1 heterocycles. The molecule has 6 nitrogen and oxygen atoms in total. The highest BCUT2D eigenvalue weighted by Gasteiger charge is 2.09. The highest BCUT2D eigenvalue weighted by molar-refractivity contribution is 5.44. The van der Waals surface area contributed by atoms with Gasteiger partial charge in [-0.25, -0.2) is 0 Å². The van der Waals surface area contributed by atoms with E-state index in [4.69, 9.17) is 12.2 Å². The van der Waals surface area contributed by atoms with Crippen molar-refractivity contribution in [1.82, 2.24) is 19.9 Å². The molecule has 1 aromatic heterocycles. The lowest BCUT2D eigenvalue weighted by atomic mass is 10.2. The van der Waals surface area contributed by atoms with Crippen LogP contribution in [0.3, 0.4) is 0 Å². The number of allylic oxidation sites excluding steroid dienone is 3. The van der Waals surface area contributed by atoms with E-state index in [1.165, 1.54) is 5.56 Å². The Bertz CT molecular complexity index is 829. The Balaban J connectivity index is 2.12. The van der Waals surface area contributed by atoms with Crippen LogP contribution in [0.4, 0.5) is 11.9 Å². The van der Waals surface area contributed by atoms with Gasteiger partial charge in [-0.3, -0.25) is 4.90 Å². The zero-order chi connectivity index (χ0) is 18.9. The van der Waals surface area contributed by atoms with Crippen LogP contribution < -0.4 is 11.1 Å². The zero-order valence-electron chi connectivity index (χ0n) is 15.4. The molecule has 26 heavy (non-hydrogen) atoms. The lowest BCUT2D eigenvalue weighted by molar-refractivity contribution is 0.310. The number of benzene rings is 1. The number of nitrogens with two attached hydrogens (primary N) is 1. The Kier molecular flexibility index (Phi) is 6.89. The molecule has 6 heteroatoms. The van der Waals surface area contributed by atoms with Gasteiger partial charge in [-0.2, -0.15) is 15.0 Å². The van der Waals surface area contributed by atoms with Crippen molar-refractivity contribution in [1.29, 1.82) is 0 Å². The van der Waals surface area contributed by atoms with Gasteiger partial charge in [0.15, 0.2) is 0 Å². The molecule has 0 fully saturated rings. The average Bonchev–Trinajstić information content (AvgIpc) is 2.54. The summed E-state index contributed by atoms with van der Waals surface area (Å²) in [5.74, 6) is 3.64. The van der Waals surface area contributed by atoms with Crippen LogP contribution in [0, 0.1) is 12.3 Å². The lowest BCUT2D eigenvalue weighted by Crippen LogP contribution is -2.20. The summed E-state index contributed by atoms with van der Waals surface area (Å²) in [7, 11) is 2.01. The number of nitrogen functional groups attached to an aromatic ring is 1. The van der Waals surface area contributed by atoms with E-state index >= 15 is 0 Å². The third kappa shape index (κ3) is 6.38. The Morgan fingerprint density at radius 2 is 1.92 bits per heavy atom. The van der Waals surface area contributed by atoms with Crippen LogP contribution in [0.1, 0.15) is 25.2 Å². The van der Waals surface area contributed by atoms with Crippen molar-refractivity contribution >= 4 is 11.9 Å². The van der Waals surface area contributed by atoms with Gasteiger partial charge >= 0.3 is 0 Å². The molecule has 0 aliphatic heterocycles. The van der Waals surface area contributed by atoms with Gasteiger partial charge in [-0.1, -0.05) is 41.8 Å². The van der Waals surface area contributed by atoms with Gasteiger partial charge in [0.1, 0.15) is 5.82 Å². The molecule has 0 spiro atoms. The van der Waals surface area contributed by atoms with E-state index in [0.29, 0.717) is 18.3 Å². The van der Waals surface area contributed by atoms with Gasteiger partial charge in [0.05, 0.1) is 6.54 Å². The predicted molar refractivity (Wildman–Crippen MR) is 106 cm³/mol. The molecule has 0 saturated carbocycles. The summed E-state index contributed by atoms with van der Waals surface area (Å²) in [6, 6.07) is 10.2. The minimum Gasteiger partial charge on any atom is -0.368 e. The molecule has 0 radical (unpaired) electrons. The smallest absolute Gasteiger partial charge is 0.232 e. The number of hydrogen-bond donors (Lipinski definition) is 2. The van der Waals surface area contributed by atoms with Crippen LogP contribution >= 0.6 is 0 Å². The summed E-state index contributed by atoms with van der Waals surface area (Å²) < 4.78 is 0. The van der Waals surface area contributed by atoms with Gasteiger partial charge in [-0.15, -0.1) is 6.42 Å². The predicted octanol–water partition coefficient (Wildman–Crippen LogP) is 2.98. The van der Waals surface area contributed by atoms with Crippen LogP contribution in [0.2, 0.25) is 0 Å². The topological polar surface area (TPSA) is 80.0 Å². The second kappa shape index (κ2) is 9.35. The normalized spacial score (nSPS) is 11.1. The van der Waals surface area contributed by atoms with Gasteiger partial charge in [0.2, 0.25) is 11.9 Å². The summed E-state index contributed by atoms with van der Waals surface area (Å²) in [6.07, 6.45) is 8.91. The van der Waals surface area contributed by atoms with Crippen LogP contribution in [0.15, 0.2) is 53.8 Å². The Hall–Kier alpha value is -3.17. The molecule has 0 amide bonds. The Labute approximate surface area is 154 Å². The number of anilines is 2. The summed E-state index contributed by atoms with van der Waals surface area (Å²) in [6.45, 7) is 5.30. The van der Waals surface area contributed by atoms with E-state index in [1.807, 2.05) is 45.2 Å². The molecule has 0 aliphatic rings. The van der Waals surface area contributed by atoms with Crippen molar-refractivity contribution in [3.05, 3.63) is 65.1 Å². The summed E-state index contributed by atoms with van der Waals surface area (Å²) >= 11 is 0. The van der Waals surface area contributed by atoms with Crippen LogP contribution in [-0.2, 0) is 13.1 Å². The number of nitrogens with zero attached hydrogens (tertiary/aromatic N) is 4. The van der Waals surface area contributed by atoms with E-state index in [9.17, 15) is 0 Å². The van der Waals surface area contributed by atoms with Crippen molar-refractivity contribution in [2.24, 2.45) is 0 Å². The van der Waals surface area contributed by atoms with Crippen molar-refractivity contribution < 1.29 is 0 Å². The van der Waals surface area contributed by atoms with Crippen molar-refractivity contribution in [2.75, 3.05) is 18.1 Å². The second-order valence-corrected chi connectivity index (χ2v) is 6.20. The third-order valence-electron chi connectivity index (χ3n) is 3.34. The molecule has 1 aromatic carbocycles. The van der Waals surface area contributed by atoms with E-state index in [2.05, 4.69) is 43.2 Å². The molecular formula is C20H24N6. The summed E-state index contributed by atoms with van der Waals surface area (Å²) in [4.78, 5) is 14.9. The van der Waals surface area contributed by atoms with Gasteiger partial charge < -0.3 is 11.1 Å². The van der Waals surface area contributed by atoms with E-state index < -0.39 is 0 Å². The van der Waals surface area contributed by atoms with Crippen LogP contribution in [0.5, 0.6) is 0 Å². The average molecular weight is 348 g/mol. The molecule has 2 rings (SSSR count). The van der Waals surface area contributed by atoms with Crippen molar-refractivity contribution in [3.63, 3.8) is 0 Å². The Morgan fingerprint density at radius 1 is 1.19 bits per heavy atom. The number of aromatic nitrogens is 3. The van der Waals surface area contributed by atoms with Crippen LogP contribution in [0.25, 0.3) is 0 Å². The largest absolute Gasteiger partial charge is 0.368 e. The van der Waals surface area contributed by atoms with E-state index in [0.717, 1.165) is 17.8 Å². The molecule has 0 atom stereocenters. The fraction of sp³-hybridized carbons (Fsp3) is 0.250. The minimum atomic E-state index is 0.169. The van der Waals surface area contributed by atoms with E-state index in [-0.39, 0.29) is 5.95 Å². The molecule has 134 valence electrons. The second-order valence-electron chi connectivity index (χ2n) is 6.20. The van der Waals surface area contributed by atoms with Gasteiger partial charge in [0, 0.05) is 18.3 Å². The van der Waals surface area contributed by atoms with E-state index in [1.54, 1.807) is 6.08 Å². The number of terminal acetylenes is 1. The fourth-order valence-corrected chi connectivity index (χ4v) is 2.40. The monoisotopic (exact) mass is 348 g/mol. The van der Waals surface area contributed by atoms with Gasteiger partial charge in [-0.05, 0) is 32.5 Å². The molecule has 0 aliphatic carbocycles. The molecule has 0 saturated heterocycles. The first kappa shape index (κ1) is 19.2. The molecule has 0 bridgehead atoms. The number of hydrogen-bond acceptors (Lipinski definition) is 6. The minimum absolute atomic E-state index is 0.169. The molecule has 3 N–H and O–H groups in total. The molecule has 2 aromatic rings. The highest BCUT2D eigenvalue weighted by atomic mass is 15.2. The van der Waals surface area contributed by atoms with Gasteiger partial charge in [0.25, 0.3) is 0 Å². The highest BCUT2D eigenvalue weighted by Crippen LogP contribution is 2.11. The first-order valence-electron chi connectivity index (χ1n) is 8.27. The quantitative estimate of drug-likeness (QED) is 0.591. The molecular weight excluding hydrogens is 324 g/mol. The van der Waals surface area contributed by atoms with Crippen LogP contribution in [-0.4, -0.2) is 26.9 Å². The number of nitrogens with one attached hydrogen (secondary N) is 1. The fourth-order valence-electron chi connectivity index (χ4n) is 2.40. The maximum Gasteiger partial charge on any atom is 0.232 e. The summed E-state index contributed by atoms with van der Waals surface area (Å²) in [5, 5.41) is 3.10. The first-order valence-corrected chi connectivity index (χ1v) is 8.27. The van der Waals surface area contributed by atoms with Crippen molar-refractivity contribution in [3.8, 4) is 12.3 Å². The maximum atomic E-state index is 5.84. The SMILES string of the molecule is C#C/C=C(\C=C(C)C)Nc1nc(N)nc(CN(C)Cc2ccccc2)n1. The lowest BCUT2D eigenvalue weighted by Gasteiger charge is -2.16.